The minimum absolute atomic E-state index is 0.0254. The number of methoxy groups -OCH3 is 1. The molecule has 264 valence electrons. The van der Waals surface area contributed by atoms with E-state index in [0.717, 1.165) is 5.69 Å². The lowest BCUT2D eigenvalue weighted by Crippen LogP contribution is -2.48. The van der Waals surface area contributed by atoms with Crippen LogP contribution in [0.4, 0.5) is 11.5 Å². The van der Waals surface area contributed by atoms with Gasteiger partial charge in [-0.25, -0.2) is 9.97 Å². The van der Waals surface area contributed by atoms with Crippen molar-refractivity contribution in [3.05, 3.63) is 77.3 Å². The zero-order valence-corrected chi connectivity index (χ0v) is 30.2. The highest BCUT2D eigenvalue weighted by molar-refractivity contribution is 6.32. The van der Waals surface area contributed by atoms with Gasteiger partial charge < -0.3 is 25.0 Å². The van der Waals surface area contributed by atoms with E-state index in [0.29, 0.717) is 63.9 Å². The van der Waals surface area contributed by atoms with Crippen LogP contribution in [0.5, 0.6) is 11.5 Å². The first kappa shape index (κ1) is 36.7. The molecule has 0 bridgehead atoms. The fourth-order valence-electron chi connectivity index (χ4n) is 6.20. The number of halogens is 1. The Hall–Kier alpha value is -4.61. The van der Waals surface area contributed by atoms with Crippen LogP contribution in [0.3, 0.4) is 0 Å². The number of nitrogens with one attached hydrogen (secondary N) is 2. The number of rotatable bonds is 14. The van der Waals surface area contributed by atoms with E-state index in [2.05, 4.69) is 25.6 Å². The number of amides is 1. The van der Waals surface area contributed by atoms with Gasteiger partial charge in [0.2, 0.25) is 5.91 Å². The van der Waals surface area contributed by atoms with Crippen molar-refractivity contribution in [1.82, 2.24) is 25.2 Å². The first-order valence-corrected chi connectivity index (χ1v) is 17.2. The van der Waals surface area contributed by atoms with Gasteiger partial charge in [-0.1, -0.05) is 38.4 Å². The Morgan fingerprint density at radius 2 is 1.86 bits per heavy atom. The van der Waals surface area contributed by atoms with Crippen LogP contribution >= 0.6 is 11.6 Å². The number of likely N-dealkylation sites (tertiary alicyclic amines) is 1. The van der Waals surface area contributed by atoms with Crippen LogP contribution < -0.4 is 20.1 Å². The summed E-state index contributed by atoms with van der Waals surface area (Å²) in [5.41, 5.74) is 2.30. The summed E-state index contributed by atoms with van der Waals surface area (Å²) in [6.45, 7) is 8.45. The molecule has 1 aliphatic rings. The quantitative estimate of drug-likeness (QED) is 0.153. The van der Waals surface area contributed by atoms with Crippen LogP contribution in [0.25, 0.3) is 10.9 Å². The number of anilines is 2. The van der Waals surface area contributed by atoms with Gasteiger partial charge in [0.1, 0.15) is 36.0 Å². The molecule has 0 spiro atoms. The van der Waals surface area contributed by atoms with Gasteiger partial charge in [-0.3, -0.25) is 19.4 Å². The number of fused-ring (bicyclic) bond motifs is 1. The van der Waals surface area contributed by atoms with Gasteiger partial charge in [0, 0.05) is 54.2 Å². The normalized spacial score (nSPS) is 15.8. The summed E-state index contributed by atoms with van der Waals surface area (Å²) in [7, 11) is 3.28. The summed E-state index contributed by atoms with van der Waals surface area (Å²) in [6.07, 6.45) is 4.61. The predicted octanol–water partition coefficient (Wildman–Crippen LogP) is 6.34. The Bertz CT molecular complexity index is 1850. The number of carbonyl (C=O) groups excluding carboxylic acids is 3. The Morgan fingerprint density at radius 1 is 1.06 bits per heavy atom. The van der Waals surface area contributed by atoms with Gasteiger partial charge >= 0.3 is 0 Å². The molecule has 1 saturated heterocycles. The maximum Gasteiger partial charge on any atom is 0.227 e. The summed E-state index contributed by atoms with van der Waals surface area (Å²) in [4.78, 5) is 55.7. The molecule has 1 fully saturated rings. The molecule has 2 aromatic heterocycles. The van der Waals surface area contributed by atoms with E-state index in [9.17, 15) is 14.4 Å². The number of likely N-dealkylation sites (N-methyl/N-ethyl adjacent to an activating group) is 1. The molecule has 0 unspecified atom stereocenters. The average Bonchev–Trinajstić information content (AvgIpc) is 3.60. The number of Topliss-reactive ketones (excluding diaryl/α,β-unsaturated/α-hetero) is 2. The Labute approximate surface area is 298 Å². The van der Waals surface area contributed by atoms with Crippen molar-refractivity contribution in [2.75, 3.05) is 26.0 Å². The van der Waals surface area contributed by atoms with E-state index in [1.807, 2.05) is 51.1 Å². The van der Waals surface area contributed by atoms with E-state index in [4.69, 9.17) is 21.1 Å². The highest BCUT2D eigenvalue weighted by atomic mass is 35.5. The van der Waals surface area contributed by atoms with Crippen LogP contribution in [0.15, 0.2) is 61.1 Å². The van der Waals surface area contributed by atoms with Gasteiger partial charge in [0.25, 0.3) is 0 Å². The molecule has 5 rings (SSSR count). The third kappa shape index (κ3) is 8.57. The summed E-state index contributed by atoms with van der Waals surface area (Å²) in [5, 5.41) is 7.40. The number of hydrogen-bond acceptors (Lipinski definition) is 10. The number of hydrogen-bond donors (Lipinski definition) is 2. The van der Waals surface area contributed by atoms with Gasteiger partial charge in [-0.2, -0.15) is 0 Å². The van der Waals surface area contributed by atoms with E-state index in [-0.39, 0.29) is 43.0 Å². The summed E-state index contributed by atoms with van der Waals surface area (Å²) >= 11 is 6.57. The molecule has 2 N–H and O–H groups in total. The van der Waals surface area contributed by atoms with Crippen LogP contribution in [-0.2, 0) is 27.4 Å². The number of ketones is 2. The van der Waals surface area contributed by atoms with Crippen LogP contribution in [0.2, 0.25) is 5.02 Å². The van der Waals surface area contributed by atoms with Gasteiger partial charge in [0.15, 0.2) is 5.78 Å². The number of benzene rings is 2. The zero-order valence-electron chi connectivity index (χ0n) is 29.5. The molecule has 3 heterocycles. The molecular weight excluding hydrogens is 656 g/mol. The van der Waals surface area contributed by atoms with Crippen molar-refractivity contribution in [2.24, 2.45) is 11.3 Å². The summed E-state index contributed by atoms with van der Waals surface area (Å²) in [6, 6.07) is 13.7. The van der Waals surface area contributed by atoms with E-state index < -0.39 is 17.4 Å². The Kier molecular flexibility index (Phi) is 11.7. The summed E-state index contributed by atoms with van der Waals surface area (Å²) in [5.74, 6) is 0.752. The molecule has 50 heavy (non-hydrogen) atoms. The number of aromatic nitrogens is 3. The highest BCUT2D eigenvalue weighted by Crippen LogP contribution is 2.36. The highest BCUT2D eigenvalue weighted by Gasteiger charge is 2.42. The van der Waals surface area contributed by atoms with Crippen LogP contribution in [-0.4, -0.2) is 70.1 Å². The molecule has 0 radical (unpaired) electrons. The predicted molar refractivity (Wildman–Crippen MR) is 194 cm³/mol. The third-order valence-electron chi connectivity index (χ3n) is 9.27. The molecule has 0 saturated carbocycles. The lowest BCUT2D eigenvalue weighted by Gasteiger charge is -2.35. The van der Waals surface area contributed by atoms with Crippen molar-refractivity contribution in [2.45, 2.75) is 72.1 Å². The number of nitrogens with zero attached hydrogens (tertiary/aromatic N) is 4. The molecular formula is C38H45ClN6O5. The average molecular weight is 701 g/mol. The zero-order chi connectivity index (χ0) is 36.0. The third-order valence-corrected chi connectivity index (χ3v) is 9.57. The van der Waals surface area contributed by atoms with Crippen molar-refractivity contribution in [3.63, 3.8) is 0 Å². The van der Waals surface area contributed by atoms with Gasteiger partial charge in [0.05, 0.1) is 35.4 Å². The van der Waals surface area contributed by atoms with Crippen molar-refractivity contribution in [3.8, 4) is 11.5 Å². The first-order chi connectivity index (χ1) is 23.9. The Balaban J connectivity index is 1.35. The smallest absolute Gasteiger partial charge is 0.227 e. The minimum Gasteiger partial charge on any atom is -0.496 e. The standard InChI is InChI=1S/C38H45ClN6O5/c1-23(40-5)32(46)19-28(38(2,3)4)37(48)45-15-9-11-31(45)33(47)17-24-16-27-30(20-35(24)49-6)42-22-43-36(27)44-25-12-13-34(29(39)18-25)50-21-26-10-7-8-14-41-26/h7-8,10,12-14,16,18,20,22-23,28,31,40H,9,11,15,17,19,21H2,1-6H3,(H,42,43,44)/t23-,28+,31-/m0/s1. The van der Waals surface area contributed by atoms with Gasteiger partial charge in [-0.15, -0.1) is 0 Å². The largest absolute Gasteiger partial charge is 0.496 e. The van der Waals surface area contributed by atoms with E-state index in [1.165, 1.54) is 6.33 Å². The first-order valence-electron chi connectivity index (χ1n) is 16.8. The Morgan fingerprint density at radius 3 is 2.54 bits per heavy atom. The number of pyridine rings is 1. The van der Waals surface area contributed by atoms with Crippen molar-refractivity contribution in [1.29, 1.82) is 0 Å². The molecule has 1 amide bonds. The van der Waals surface area contributed by atoms with E-state index in [1.54, 1.807) is 50.4 Å². The minimum atomic E-state index is -0.588. The van der Waals surface area contributed by atoms with Crippen LogP contribution in [0, 0.1) is 11.3 Å². The molecule has 11 nitrogen and oxygen atoms in total. The molecule has 0 aliphatic carbocycles. The molecule has 12 heteroatoms. The van der Waals surface area contributed by atoms with Crippen molar-refractivity contribution < 1.29 is 23.9 Å². The summed E-state index contributed by atoms with van der Waals surface area (Å²) < 4.78 is 11.6. The number of ether oxygens (including phenoxy) is 2. The molecule has 2 aromatic carbocycles. The monoisotopic (exact) mass is 700 g/mol. The lowest BCUT2D eigenvalue weighted by atomic mass is 9.76. The molecule has 3 atom stereocenters. The van der Waals surface area contributed by atoms with Crippen LogP contribution in [0.1, 0.15) is 58.2 Å². The lowest BCUT2D eigenvalue weighted by molar-refractivity contribution is -0.145. The maximum atomic E-state index is 14.0. The number of carbonyl (C=O) groups is 3. The SMILES string of the molecule is CN[C@@H](C)C(=O)C[C@H](C(=O)N1CCC[C@H]1C(=O)Cc1cc2c(Nc3ccc(OCc4ccccn4)c(Cl)c3)ncnc2cc1OC)C(C)(C)C. The second-order valence-electron chi connectivity index (χ2n) is 13.7. The molecule has 4 aromatic rings. The maximum absolute atomic E-state index is 14.0. The van der Waals surface area contributed by atoms with Gasteiger partial charge in [-0.05, 0) is 68.6 Å². The second kappa shape index (κ2) is 15.9. The molecule has 1 aliphatic heterocycles. The fourth-order valence-corrected chi connectivity index (χ4v) is 6.43. The second-order valence-corrected chi connectivity index (χ2v) is 14.1. The van der Waals surface area contributed by atoms with E-state index >= 15 is 0 Å². The fraction of sp³-hybridized carbons (Fsp3) is 0.421. The van der Waals surface area contributed by atoms with Crippen molar-refractivity contribution >= 4 is 51.5 Å². The topological polar surface area (TPSA) is 136 Å².